The number of fused-ring (bicyclic) bond motifs is 1. The Morgan fingerprint density at radius 3 is 2.42 bits per heavy atom. The van der Waals surface area contributed by atoms with Gasteiger partial charge in [-0.1, -0.05) is 30.3 Å². The maximum Gasteiger partial charge on any atom is 0.255 e. The molecule has 1 heterocycles. The van der Waals surface area contributed by atoms with Gasteiger partial charge < -0.3 is 14.8 Å². The van der Waals surface area contributed by atoms with E-state index < -0.39 is 0 Å². The Kier molecular flexibility index (Phi) is 4.85. The first-order valence-electron chi connectivity index (χ1n) is 10.8. The number of amides is 2. The third-order valence-corrected chi connectivity index (χ3v) is 6.11. The highest BCUT2D eigenvalue weighted by atomic mass is 16.2. The van der Waals surface area contributed by atoms with Crippen molar-refractivity contribution in [2.75, 3.05) is 0 Å². The fourth-order valence-corrected chi connectivity index (χ4v) is 3.95. The van der Waals surface area contributed by atoms with Crippen molar-refractivity contribution >= 4 is 22.7 Å². The molecule has 2 fully saturated rings. The number of aryl methyl sites for hydroxylation is 1. The van der Waals surface area contributed by atoms with Gasteiger partial charge in [0.1, 0.15) is 0 Å². The SMILES string of the molecule is Cn1c(=O)cc(C(=O)N(Cc2ccc(C(=O)NC3CC3)cc2)C2CC2)c2ccccc21. The van der Waals surface area contributed by atoms with Gasteiger partial charge in [0.05, 0.1) is 11.1 Å². The number of aromatic nitrogens is 1. The second-order valence-electron chi connectivity index (χ2n) is 8.58. The predicted octanol–water partition coefficient (Wildman–Crippen LogP) is 3.24. The monoisotopic (exact) mass is 415 g/mol. The summed E-state index contributed by atoms with van der Waals surface area (Å²) in [6, 6.07) is 16.9. The molecule has 31 heavy (non-hydrogen) atoms. The number of rotatable bonds is 6. The number of para-hydroxylation sites is 1. The molecule has 0 unspecified atom stereocenters. The van der Waals surface area contributed by atoms with E-state index in [1.165, 1.54) is 6.07 Å². The molecule has 6 nitrogen and oxygen atoms in total. The standard InChI is InChI=1S/C25H25N3O3/c1-27-22-5-3-2-4-20(22)21(14-23(27)29)25(31)28(19-12-13-19)15-16-6-8-17(9-7-16)24(30)26-18-10-11-18/h2-9,14,18-19H,10-13,15H2,1H3,(H,26,30). The lowest BCUT2D eigenvalue weighted by atomic mass is 10.1. The summed E-state index contributed by atoms with van der Waals surface area (Å²) in [7, 11) is 1.72. The molecule has 158 valence electrons. The number of carbonyl (C=O) groups is 2. The number of carbonyl (C=O) groups excluding carboxylic acids is 2. The lowest BCUT2D eigenvalue weighted by Gasteiger charge is -2.24. The molecule has 0 spiro atoms. The van der Waals surface area contributed by atoms with E-state index in [9.17, 15) is 14.4 Å². The second-order valence-corrected chi connectivity index (χ2v) is 8.58. The number of hydrogen-bond acceptors (Lipinski definition) is 3. The summed E-state index contributed by atoms with van der Waals surface area (Å²) in [5.74, 6) is -0.164. The molecule has 2 aliphatic rings. The number of benzene rings is 2. The Labute approximate surface area is 180 Å². The molecule has 2 saturated carbocycles. The van der Waals surface area contributed by atoms with Crippen LogP contribution in [0.25, 0.3) is 10.9 Å². The first-order chi connectivity index (χ1) is 15.0. The van der Waals surface area contributed by atoms with Crippen molar-refractivity contribution in [3.8, 4) is 0 Å². The van der Waals surface area contributed by atoms with Crippen LogP contribution in [0.2, 0.25) is 0 Å². The van der Waals surface area contributed by atoms with E-state index in [-0.39, 0.29) is 23.4 Å². The number of nitrogens with one attached hydrogen (secondary N) is 1. The van der Waals surface area contributed by atoms with Crippen LogP contribution in [-0.2, 0) is 13.6 Å². The Morgan fingerprint density at radius 2 is 1.74 bits per heavy atom. The predicted molar refractivity (Wildman–Crippen MR) is 119 cm³/mol. The van der Waals surface area contributed by atoms with Crippen LogP contribution in [-0.4, -0.2) is 33.4 Å². The molecule has 2 amide bonds. The summed E-state index contributed by atoms with van der Waals surface area (Å²) in [6.45, 7) is 0.456. The Balaban J connectivity index is 1.41. The van der Waals surface area contributed by atoms with Crippen molar-refractivity contribution in [3.05, 3.63) is 81.6 Å². The minimum atomic E-state index is -0.191. The van der Waals surface area contributed by atoms with Crippen molar-refractivity contribution in [2.24, 2.45) is 7.05 Å². The summed E-state index contributed by atoms with van der Waals surface area (Å²) in [5, 5.41) is 3.77. The van der Waals surface area contributed by atoms with Crippen LogP contribution in [0, 0.1) is 0 Å². The van der Waals surface area contributed by atoms with Crippen molar-refractivity contribution in [1.29, 1.82) is 0 Å². The van der Waals surface area contributed by atoms with Gasteiger partial charge in [-0.15, -0.1) is 0 Å². The van der Waals surface area contributed by atoms with E-state index in [0.29, 0.717) is 23.7 Å². The average Bonchev–Trinajstić information content (AvgIpc) is 3.70. The average molecular weight is 415 g/mol. The maximum absolute atomic E-state index is 13.5. The minimum absolute atomic E-state index is 0.0456. The molecule has 0 aliphatic heterocycles. The van der Waals surface area contributed by atoms with Gasteiger partial charge >= 0.3 is 0 Å². The van der Waals surface area contributed by atoms with E-state index in [1.807, 2.05) is 53.4 Å². The zero-order chi connectivity index (χ0) is 21.5. The third kappa shape index (κ3) is 3.98. The van der Waals surface area contributed by atoms with Crippen LogP contribution in [0.1, 0.15) is 52.0 Å². The van der Waals surface area contributed by atoms with Crippen LogP contribution in [0.15, 0.2) is 59.4 Å². The summed E-state index contributed by atoms with van der Waals surface area (Å²) in [5.41, 5.74) is 2.61. The van der Waals surface area contributed by atoms with Gasteiger partial charge in [-0.3, -0.25) is 14.4 Å². The fourth-order valence-electron chi connectivity index (χ4n) is 3.95. The smallest absolute Gasteiger partial charge is 0.255 e. The highest BCUT2D eigenvalue weighted by Gasteiger charge is 2.34. The molecule has 2 aliphatic carbocycles. The molecular weight excluding hydrogens is 390 g/mol. The quantitative estimate of drug-likeness (QED) is 0.672. The summed E-state index contributed by atoms with van der Waals surface area (Å²) < 4.78 is 1.57. The Morgan fingerprint density at radius 1 is 1.03 bits per heavy atom. The Bertz CT molecular complexity index is 1220. The lowest BCUT2D eigenvalue weighted by Crippen LogP contribution is -2.34. The van der Waals surface area contributed by atoms with Gasteiger partial charge in [0.2, 0.25) is 0 Å². The molecule has 1 aromatic heterocycles. The minimum Gasteiger partial charge on any atom is -0.349 e. The van der Waals surface area contributed by atoms with E-state index in [4.69, 9.17) is 0 Å². The zero-order valence-corrected chi connectivity index (χ0v) is 17.5. The van der Waals surface area contributed by atoms with Gasteiger partial charge in [-0.05, 0) is 49.4 Å². The molecule has 2 aromatic carbocycles. The third-order valence-electron chi connectivity index (χ3n) is 6.11. The van der Waals surface area contributed by atoms with Crippen LogP contribution >= 0.6 is 0 Å². The van der Waals surface area contributed by atoms with Crippen LogP contribution in [0.3, 0.4) is 0 Å². The van der Waals surface area contributed by atoms with Gasteiger partial charge in [0.15, 0.2) is 0 Å². The molecule has 6 heteroatoms. The van der Waals surface area contributed by atoms with Crippen LogP contribution in [0.4, 0.5) is 0 Å². The van der Waals surface area contributed by atoms with Gasteiger partial charge in [-0.25, -0.2) is 0 Å². The van der Waals surface area contributed by atoms with E-state index >= 15 is 0 Å². The number of pyridine rings is 1. The van der Waals surface area contributed by atoms with E-state index in [0.717, 1.165) is 42.1 Å². The normalized spacial score (nSPS) is 15.6. The topological polar surface area (TPSA) is 71.4 Å². The first-order valence-corrected chi connectivity index (χ1v) is 10.8. The van der Waals surface area contributed by atoms with Gasteiger partial charge in [0.25, 0.3) is 17.4 Å². The molecule has 5 rings (SSSR count). The van der Waals surface area contributed by atoms with Gasteiger partial charge in [0, 0.05) is 42.7 Å². The van der Waals surface area contributed by atoms with E-state index in [2.05, 4.69) is 5.32 Å². The van der Waals surface area contributed by atoms with Crippen molar-refractivity contribution in [3.63, 3.8) is 0 Å². The molecule has 1 N–H and O–H groups in total. The Hall–Kier alpha value is -3.41. The zero-order valence-electron chi connectivity index (χ0n) is 17.5. The number of nitrogens with zero attached hydrogens (tertiary/aromatic N) is 2. The van der Waals surface area contributed by atoms with Crippen molar-refractivity contribution in [2.45, 2.75) is 44.3 Å². The molecule has 0 atom stereocenters. The molecule has 3 aromatic rings. The number of hydrogen-bond donors (Lipinski definition) is 1. The van der Waals surface area contributed by atoms with Crippen molar-refractivity contribution < 1.29 is 9.59 Å². The molecule has 0 saturated heterocycles. The summed E-state index contributed by atoms with van der Waals surface area (Å²) >= 11 is 0. The fraction of sp³-hybridized carbons (Fsp3) is 0.320. The van der Waals surface area contributed by atoms with Crippen LogP contribution in [0.5, 0.6) is 0 Å². The largest absolute Gasteiger partial charge is 0.349 e. The molecule has 0 bridgehead atoms. The summed E-state index contributed by atoms with van der Waals surface area (Å²) in [6.07, 6.45) is 4.05. The lowest BCUT2D eigenvalue weighted by molar-refractivity contribution is 0.0731. The van der Waals surface area contributed by atoms with Gasteiger partial charge in [-0.2, -0.15) is 0 Å². The maximum atomic E-state index is 13.5. The molecule has 0 radical (unpaired) electrons. The van der Waals surface area contributed by atoms with E-state index in [1.54, 1.807) is 11.6 Å². The summed E-state index contributed by atoms with van der Waals surface area (Å²) in [4.78, 5) is 40.1. The van der Waals surface area contributed by atoms with Crippen LogP contribution < -0.4 is 10.9 Å². The highest BCUT2D eigenvalue weighted by molar-refractivity contribution is 6.06. The molecular formula is C25H25N3O3. The first kappa shape index (κ1) is 19.5. The highest BCUT2D eigenvalue weighted by Crippen LogP contribution is 2.31. The second kappa shape index (κ2) is 7.69. The van der Waals surface area contributed by atoms with Crippen molar-refractivity contribution in [1.82, 2.24) is 14.8 Å².